The molecule has 0 aliphatic carbocycles. The highest BCUT2D eigenvalue weighted by Gasteiger charge is 2.38. The fourth-order valence-electron chi connectivity index (χ4n) is 2.18. The molecular weight excluding hydrogens is 470 g/mol. The van der Waals surface area contributed by atoms with Gasteiger partial charge in [0.15, 0.2) is 0 Å². The van der Waals surface area contributed by atoms with Gasteiger partial charge in [-0.3, -0.25) is 0 Å². The molecule has 0 spiro atoms. The van der Waals surface area contributed by atoms with E-state index in [0.717, 1.165) is 0 Å². The summed E-state index contributed by atoms with van der Waals surface area (Å²) < 4.78 is 70.7. The SMILES string of the molecule is CNS(=O)(=O)c1cccc(Nc2cc(Nc3ccc(F)cc3)ncn2)c1.O=C(O)C(F)(F)F. The smallest absolute Gasteiger partial charge is 0.475 e. The van der Waals surface area contributed by atoms with Crippen molar-refractivity contribution in [1.82, 2.24) is 14.7 Å². The number of anilines is 4. The van der Waals surface area contributed by atoms with Crippen LogP contribution in [-0.4, -0.2) is 42.7 Å². The number of benzene rings is 2. The monoisotopic (exact) mass is 487 g/mol. The molecule has 33 heavy (non-hydrogen) atoms. The van der Waals surface area contributed by atoms with Crippen LogP contribution < -0.4 is 15.4 Å². The van der Waals surface area contributed by atoms with Crippen molar-refractivity contribution in [3.8, 4) is 0 Å². The molecule has 0 radical (unpaired) electrons. The second kappa shape index (κ2) is 10.7. The number of carboxylic acid groups (broad SMARTS) is 1. The summed E-state index contributed by atoms with van der Waals surface area (Å²) in [5.74, 6) is -2.10. The maximum atomic E-state index is 13.0. The zero-order chi connectivity index (χ0) is 24.6. The summed E-state index contributed by atoms with van der Waals surface area (Å²) in [6.45, 7) is 0. The molecule has 0 amide bonds. The third kappa shape index (κ3) is 8.01. The Hall–Kier alpha value is -3.78. The normalized spacial score (nSPS) is 11.2. The predicted molar refractivity (Wildman–Crippen MR) is 111 cm³/mol. The first-order chi connectivity index (χ1) is 15.4. The minimum absolute atomic E-state index is 0.142. The fourth-order valence-corrected chi connectivity index (χ4v) is 2.96. The van der Waals surface area contributed by atoms with E-state index in [9.17, 15) is 26.0 Å². The van der Waals surface area contributed by atoms with Gasteiger partial charge in [-0.05, 0) is 49.5 Å². The molecule has 2 aromatic carbocycles. The summed E-state index contributed by atoms with van der Waals surface area (Å²) in [6.07, 6.45) is -3.72. The number of hydrogen-bond acceptors (Lipinski definition) is 7. The summed E-state index contributed by atoms with van der Waals surface area (Å²) in [6, 6.07) is 13.9. The van der Waals surface area contributed by atoms with Gasteiger partial charge in [0, 0.05) is 17.4 Å². The van der Waals surface area contributed by atoms with Crippen molar-refractivity contribution < 1.29 is 35.9 Å². The van der Waals surface area contributed by atoms with Crippen molar-refractivity contribution in [3.05, 3.63) is 66.7 Å². The van der Waals surface area contributed by atoms with Crippen molar-refractivity contribution in [2.45, 2.75) is 11.1 Å². The lowest BCUT2D eigenvalue weighted by Crippen LogP contribution is -2.21. The second-order valence-corrected chi connectivity index (χ2v) is 7.97. The van der Waals surface area contributed by atoms with Crippen LogP contribution in [0.3, 0.4) is 0 Å². The van der Waals surface area contributed by atoms with Gasteiger partial charge in [0.2, 0.25) is 10.0 Å². The summed E-state index contributed by atoms with van der Waals surface area (Å²) in [5, 5.41) is 13.2. The third-order valence-corrected chi connectivity index (χ3v) is 5.12. The Morgan fingerprint density at radius 2 is 1.48 bits per heavy atom. The van der Waals surface area contributed by atoms with E-state index >= 15 is 0 Å². The highest BCUT2D eigenvalue weighted by molar-refractivity contribution is 7.89. The zero-order valence-electron chi connectivity index (χ0n) is 16.8. The number of alkyl halides is 3. The molecule has 1 heterocycles. The molecule has 0 fully saturated rings. The summed E-state index contributed by atoms with van der Waals surface area (Å²) >= 11 is 0. The number of nitrogens with one attached hydrogen (secondary N) is 3. The van der Waals surface area contributed by atoms with Gasteiger partial charge < -0.3 is 15.7 Å². The molecule has 0 saturated carbocycles. The highest BCUT2D eigenvalue weighted by atomic mass is 32.2. The molecule has 1 aromatic heterocycles. The minimum atomic E-state index is -5.08. The number of rotatable bonds is 6. The van der Waals surface area contributed by atoms with Gasteiger partial charge in [0.05, 0.1) is 4.90 Å². The van der Waals surface area contributed by atoms with Crippen LogP contribution in [0.25, 0.3) is 0 Å². The van der Waals surface area contributed by atoms with E-state index in [-0.39, 0.29) is 10.7 Å². The number of sulfonamides is 1. The van der Waals surface area contributed by atoms with Crippen LogP contribution in [0.2, 0.25) is 0 Å². The maximum absolute atomic E-state index is 13.0. The van der Waals surface area contributed by atoms with Gasteiger partial charge in [0.25, 0.3) is 0 Å². The van der Waals surface area contributed by atoms with E-state index < -0.39 is 22.2 Å². The van der Waals surface area contributed by atoms with Gasteiger partial charge >= 0.3 is 12.1 Å². The molecule has 0 unspecified atom stereocenters. The zero-order valence-corrected chi connectivity index (χ0v) is 17.6. The Kier molecular flexibility index (Phi) is 8.26. The Balaban J connectivity index is 0.000000479. The van der Waals surface area contributed by atoms with E-state index in [4.69, 9.17) is 9.90 Å². The van der Waals surface area contributed by atoms with Crippen molar-refractivity contribution in [2.24, 2.45) is 0 Å². The second-order valence-electron chi connectivity index (χ2n) is 6.08. The standard InChI is InChI=1S/C17H16FN5O2S.C2HF3O2/c1-19-26(24,25)15-4-2-3-14(9-15)23-17-10-16(20-11-21-17)22-13-7-5-12(18)6-8-13;3-2(4,5)1(6)7/h2-11,19H,1H3,(H2,20,21,22,23);(H,6,7). The van der Waals surface area contributed by atoms with Gasteiger partial charge in [-0.2, -0.15) is 13.2 Å². The van der Waals surface area contributed by atoms with Crippen molar-refractivity contribution in [2.75, 3.05) is 17.7 Å². The first-order valence-corrected chi connectivity index (χ1v) is 10.3. The lowest BCUT2D eigenvalue weighted by Gasteiger charge is -2.10. The van der Waals surface area contributed by atoms with Crippen LogP contribution in [0.15, 0.2) is 65.8 Å². The molecule has 0 aliphatic heterocycles. The van der Waals surface area contributed by atoms with E-state index in [2.05, 4.69) is 25.3 Å². The molecule has 9 nitrogen and oxygen atoms in total. The average molecular weight is 487 g/mol. The Morgan fingerprint density at radius 1 is 0.939 bits per heavy atom. The Labute approximate surface area is 185 Å². The van der Waals surface area contributed by atoms with Gasteiger partial charge in [0.1, 0.15) is 23.8 Å². The first kappa shape index (κ1) is 25.5. The number of hydrogen-bond donors (Lipinski definition) is 4. The van der Waals surface area contributed by atoms with Gasteiger partial charge in [-0.1, -0.05) is 6.07 Å². The van der Waals surface area contributed by atoms with Crippen LogP contribution in [0, 0.1) is 5.82 Å². The molecule has 0 aliphatic rings. The molecule has 3 rings (SSSR count). The third-order valence-electron chi connectivity index (χ3n) is 3.71. The average Bonchev–Trinajstić information content (AvgIpc) is 2.75. The molecule has 176 valence electrons. The van der Waals surface area contributed by atoms with E-state index in [1.54, 1.807) is 30.3 Å². The van der Waals surface area contributed by atoms with E-state index in [1.807, 2.05) is 0 Å². The van der Waals surface area contributed by atoms with E-state index in [0.29, 0.717) is 23.0 Å². The Morgan fingerprint density at radius 3 is 2.00 bits per heavy atom. The van der Waals surface area contributed by atoms with Crippen LogP contribution in [0.4, 0.5) is 40.6 Å². The van der Waals surface area contributed by atoms with Crippen LogP contribution in [0.1, 0.15) is 0 Å². The lowest BCUT2D eigenvalue weighted by atomic mass is 10.3. The van der Waals surface area contributed by atoms with Crippen LogP contribution >= 0.6 is 0 Å². The van der Waals surface area contributed by atoms with Gasteiger partial charge in [-0.15, -0.1) is 0 Å². The number of aromatic nitrogens is 2. The van der Waals surface area contributed by atoms with E-state index in [1.165, 1.54) is 37.6 Å². The predicted octanol–water partition coefficient (Wildman–Crippen LogP) is 3.64. The van der Waals surface area contributed by atoms with Crippen LogP contribution in [0.5, 0.6) is 0 Å². The van der Waals surface area contributed by atoms with Crippen LogP contribution in [-0.2, 0) is 14.8 Å². The molecule has 4 N–H and O–H groups in total. The molecule has 0 bridgehead atoms. The number of carboxylic acids is 1. The maximum Gasteiger partial charge on any atom is 0.490 e. The Bertz CT molecular complexity index is 1210. The minimum Gasteiger partial charge on any atom is -0.475 e. The van der Waals surface area contributed by atoms with Crippen molar-refractivity contribution in [3.63, 3.8) is 0 Å². The summed E-state index contributed by atoms with van der Waals surface area (Å²) in [5.41, 5.74) is 1.24. The number of aliphatic carboxylic acids is 1. The number of nitrogens with zero attached hydrogens (tertiary/aromatic N) is 2. The summed E-state index contributed by atoms with van der Waals surface area (Å²) in [7, 11) is -2.18. The number of carbonyl (C=O) groups is 1. The van der Waals surface area contributed by atoms with Gasteiger partial charge in [-0.25, -0.2) is 32.3 Å². The quantitative estimate of drug-likeness (QED) is 0.388. The summed E-state index contributed by atoms with van der Waals surface area (Å²) in [4.78, 5) is 17.3. The molecule has 3 aromatic rings. The molecule has 0 saturated heterocycles. The lowest BCUT2D eigenvalue weighted by molar-refractivity contribution is -0.192. The van der Waals surface area contributed by atoms with Crippen molar-refractivity contribution in [1.29, 1.82) is 0 Å². The molecule has 14 heteroatoms. The number of halogens is 4. The largest absolute Gasteiger partial charge is 0.490 e. The molecular formula is C19H17F4N5O4S. The fraction of sp³-hybridized carbons (Fsp3) is 0.105. The highest BCUT2D eigenvalue weighted by Crippen LogP contribution is 2.21. The van der Waals surface area contributed by atoms with Crippen molar-refractivity contribution >= 4 is 39.0 Å². The topological polar surface area (TPSA) is 133 Å². The molecule has 0 atom stereocenters. The first-order valence-electron chi connectivity index (χ1n) is 8.86.